The maximum Gasteiger partial charge on any atom is 0.00953 e. The van der Waals surface area contributed by atoms with Crippen LogP contribution in [0, 0.1) is 17.8 Å². The van der Waals surface area contributed by atoms with Crippen LogP contribution in [0.15, 0.2) is 0 Å². The predicted molar refractivity (Wildman–Crippen MR) is 65.9 cm³/mol. The van der Waals surface area contributed by atoms with Gasteiger partial charge in [0, 0.05) is 12.6 Å². The third kappa shape index (κ3) is 2.75. The molecule has 1 heterocycles. The van der Waals surface area contributed by atoms with Crippen LogP contribution in [0.4, 0.5) is 0 Å². The SMILES string of the molecule is CC(C)C[C@@H]1CCN(C2CCC2)C[C@@H]1C. The second kappa shape index (κ2) is 4.86. The predicted octanol–water partition coefficient (Wildman–Crippen LogP) is 3.54. The highest BCUT2D eigenvalue weighted by atomic mass is 15.2. The van der Waals surface area contributed by atoms with Crippen LogP contribution in [0.5, 0.6) is 0 Å². The lowest BCUT2D eigenvalue weighted by Gasteiger charge is -2.45. The molecule has 0 aromatic rings. The van der Waals surface area contributed by atoms with Gasteiger partial charge in [-0.2, -0.15) is 0 Å². The topological polar surface area (TPSA) is 3.24 Å². The zero-order valence-corrected chi connectivity index (χ0v) is 10.7. The number of rotatable bonds is 3. The molecule has 0 aromatic carbocycles. The molecule has 2 aliphatic rings. The highest BCUT2D eigenvalue weighted by molar-refractivity contribution is 4.86. The van der Waals surface area contributed by atoms with Crippen molar-refractivity contribution in [2.45, 2.75) is 58.9 Å². The van der Waals surface area contributed by atoms with Crippen LogP contribution in [0.2, 0.25) is 0 Å². The molecule has 1 nitrogen and oxygen atoms in total. The summed E-state index contributed by atoms with van der Waals surface area (Å²) < 4.78 is 0. The Hall–Kier alpha value is -0.0400. The Kier molecular flexibility index (Phi) is 3.71. The molecular weight excluding hydrogens is 182 g/mol. The van der Waals surface area contributed by atoms with Gasteiger partial charge in [-0.1, -0.05) is 27.2 Å². The second-order valence-corrected chi connectivity index (χ2v) is 6.24. The standard InChI is InChI=1S/C14H27N/c1-11(2)9-13-7-8-15(10-12(13)3)14-5-4-6-14/h11-14H,4-10H2,1-3H3/t12-,13-/m0/s1. The molecule has 15 heavy (non-hydrogen) atoms. The summed E-state index contributed by atoms with van der Waals surface area (Å²) in [5.41, 5.74) is 0. The van der Waals surface area contributed by atoms with Crippen molar-refractivity contribution in [3.05, 3.63) is 0 Å². The summed E-state index contributed by atoms with van der Waals surface area (Å²) >= 11 is 0. The highest BCUT2D eigenvalue weighted by Gasteiger charge is 2.32. The lowest BCUT2D eigenvalue weighted by molar-refractivity contribution is 0.0471. The minimum atomic E-state index is 0.882. The summed E-state index contributed by atoms with van der Waals surface area (Å²) in [6.45, 7) is 9.96. The van der Waals surface area contributed by atoms with Crippen LogP contribution in [0.1, 0.15) is 52.9 Å². The van der Waals surface area contributed by atoms with Crippen molar-refractivity contribution in [2.24, 2.45) is 17.8 Å². The van der Waals surface area contributed by atoms with Gasteiger partial charge in [0.15, 0.2) is 0 Å². The Morgan fingerprint density at radius 3 is 2.40 bits per heavy atom. The molecule has 0 aromatic heterocycles. The molecule has 1 saturated carbocycles. The van der Waals surface area contributed by atoms with Crippen LogP contribution in [-0.2, 0) is 0 Å². The van der Waals surface area contributed by atoms with Gasteiger partial charge in [0.1, 0.15) is 0 Å². The monoisotopic (exact) mass is 209 g/mol. The summed E-state index contributed by atoms with van der Waals surface area (Å²) in [5, 5.41) is 0. The summed E-state index contributed by atoms with van der Waals surface area (Å²) in [7, 11) is 0. The minimum absolute atomic E-state index is 0.882. The first-order valence-electron chi connectivity index (χ1n) is 6.91. The first kappa shape index (κ1) is 11.4. The zero-order valence-electron chi connectivity index (χ0n) is 10.7. The smallest absolute Gasteiger partial charge is 0.00953 e. The summed E-state index contributed by atoms with van der Waals surface area (Å²) in [6, 6.07) is 0.965. The van der Waals surface area contributed by atoms with Crippen molar-refractivity contribution >= 4 is 0 Å². The van der Waals surface area contributed by atoms with E-state index < -0.39 is 0 Å². The molecule has 2 fully saturated rings. The maximum absolute atomic E-state index is 2.77. The number of nitrogens with zero attached hydrogens (tertiary/aromatic N) is 1. The first-order chi connectivity index (χ1) is 7.16. The van der Waals surface area contributed by atoms with Gasteiger partial charge in [0.25, 0.3) is 0 Å². The average Bonchev–Trinajstić information content (AvgIpc) is 2.06. The van der Waals surface area contributed by atoms with E-state index in [0.717, 1.165) is 23.8 Å². The Labute approximate surface area is 95.2 Å². The van der Waals surface area contributed by atoms with E-state index >= 15 is 0 Å². The fraction of sp³-hybridized carbons (Fsp3) is 1.00. The van der Waals surface area contributed by atoms with E-state index in [1.165, 1.54) is 45.2 Å². The summed E-state index contributed by atoms with van der Waals surface area (Å²) in [5.74, 6) is 2.82. The highest BCUT2D eigenvalue weighted by Crippen LogP contribution is 2.33. The average molecular weight is 209 g/mol. The molecule has 1 aliphatic carbocycles. The third-order valence-corrected chi connectivity index (χ3v) is 4.48. The van der Waals surface area contributed by atoms with Crippen molar-refractivity contribution in [1.82, 2.24) is 4.90 Å². The molecule has 0 amide bonds. The largest absolute Gasteiger partial charge is 0.300 e. The maximum atomic E-state index is 2.77. The molecule has 0 radical (unpaired) electrons. The van der Waals surface area contributed by atoms with E-state index in [1.54, 1.807) is 0 Å². The number of piperidine rings is 1. The van der Waals surface area contributed by atoms with Crippen LogP contribution in [0.3, 0.4) is 0 Å². The molecule has 1 aliphatic heterocycles. The minimum Gasteiger partial charge on any atom is -0.300 e. The Morgan fingerprint density at radius 1 is 1.20 bits per heavy atom. The Bertz CT molecular complexity index is 196. The Morgan fingerprint density at radius 2 is 1.93 bits per heavy atom. The Balaban J connectivity index is 1.79. The fourth-order valence-electron chi connectivity index (χ4n) is 3.27. The van der Waals surface area contributed by atoms with Crippen molar-refractivity contribution in [3.63, 3.8) is 0 Å². The molecule has 1 heteroatoms. The molecule has 2 rings (SSSR count). The summed E-state index contributed by atoms with van der Waals surface area (Å²) in [4.78, 5) is 2.77. The third-order valence-electron chi connectivity index (χ3n) is 4.48. The van der Waals surface area contributed by atoms with Gasteiger partial charge in [-0.05, 0) is 50.0 Å². The van der Waals surface area contributed by atoms with Gasteiger partial charge in [0.05, 0.1) is 0 Å². The molecule has 0 bridgehead atoms. The quantitative estimate of drug-likeness (QED) is 0.687. The zero-order chi connectivity index (χ0) is 10.8. The van der Waals surface area contributed by atoms with E-state index in [9.17, 15) is 0 Å². The van der Waals surface area contributed by atoms with Gasteiger partial charge in [0.2, 0.25) is 0 Å². The van der Waals surface area contributed by atoms with Gasteiger partial charge < -0.3 is 4.90 Å². The van der Waals surface area contributed by atoms with Crippen molar-refractivity contribution in [3.8, 4) is 0 Å². The molecular formula is C14H27N. The van der Waals surface area contributed by atoms with Gasteiger partial charge in [-0.15, -0.1) is 0 Å². The lowest BCUT2D eigenvalue weighted by Crippen LogP contribution is -2.48. The molecule has 0 spiro atoms. The van der Waals surface area contributed by atoms with Gasteiger partial charge >= 0.3 is 0 Å². The van der Waals surface area contributed by atoms with Gasteiger partial charge in [-0.3, -0.25) is 0 Å². The van der Waals surface area contributed by atoms with Gasteiger partial charge in [-0.25, -0.2) is 0 Å². The summed E-state index contributed by atoms with van der Waals surface area (Å²) in [6.07, 6.45) is 7.32. The van der Waals surface area contributed by atoms with Crippen LogP contribution >= 0.6 is 0 Å². The number of hydrogen-bond acceptors (Lipinski definition) is 1. The van der Waals surface area contributed by atoms with Crippen molar-refractivity contribution in [2.75, 3.05) is 13.1 Å². The van der Waals surface area contributed by atoms with E-state index in [0.29, 0.717) is 0 Å². The number of hydrogen-bond donors (Lipinski definition) is 0. The normalized spacial score (nSPS) is 34.4. The van der Waals surface area contributed by atoms with Crippen LogP contribution < -0.4 is 0 Å². The van der Waals surface area contributed by atoms with Crippen LogP contribution in [-0.4, -0.2) is 24.0 Å². The van der Waals surface area contributed by atoms with E-state index in [2.05, 4.69) is 25.7 Å². The molecule has 1 saturated heterocycles. The van der Waals surface area contributed by atoms with E-state index in [-0.39, 0.29) is 0 Å². The molecule has 88 valence electrons. The molecule has 0 unspecified atom stereocenters. The fourth-order valence-corrected chi connectivity index (χ4v) is 3.27. The van der Waals surface area contributed by atoms with E-state index in [1.807, 2.05) is 0 Å². The number of likely N-dealkylation sites (tertiary alicyclic amines) is 1. The molecule has 0 N–H and O–H groups in total. The van der Waals surface area contributed by atoms with Crippen LogP contribution in [0.25, 0.3) is 0 Å². The lowest BCUT2D eigenvalue weighted by atomic mass is 9.79. The van der Waals surface area contributed by atoms with Crippen molar-refractivity contribution < 1.29 is 0 Å². The van der Waals surface area contributed by atoms with E-state index in [4.69, 9.17) is 0 Å². The van der Waals surface area contributed by atoms with Crippen molar-refractivity contribution in [1.29, 1.82) is 0 Å². The second-order valence-electron chi connectivity index (χ2n) is 6.24. The first-order valence-corrected chi connectivity index (χ1v) is 6.91. The molecule has 2 atom stereocenters.